The highest BCUT2D eigenvalue weighted by atomic mass is 16.4. The van der Waals surface area contributed by atoms with Gasteiger partial charge in [0.2, 0.25) is 0 Å². The van der Waals surface area contributed by atoms with E-state index in [1.54, 1.807) is 7.05 Å². The lowest BCUT2D eigenvalue weighted by molar-refractivity contribution is 0.203. The zero-order valence-electron chi connectivity index (χ0n) is 12.8. The number of anilines is 1. The molecule has 0 aliphatic carbocycles. The molecule has 0 aliphatic heterocycles. The van der Waals surface area contributed by atoms with Crippen LogP contribution in [0.4, 0.5) is 10.5 Å². The molecule has 0 spiro atoms. The van der Waals surface area contributed by atoms with E-state index in [0.29, 0.717) is 0 Å². The van der Waals surface area contributed by atoms with Gasteiger partial charge in [0.05, 0.1) is 0 Å². The Bertz CT molecular complexity index is 386. The first kappa shape index (κ1) is 16.5. The summed E-state index contributed by atoms with van der Waals surface area (Å²) in [4.78, 5) is 12.1. The monoisotopic (exact) mass is 277 g/mol. The third-order valence-corrected chi connectivity index (χ3v) is 3.68. The molecule has 0 unspecified atom stereocenters. The Balaban J connectivity index is 2.23. The predicted molar refractivity (Wildman–Crippen MR) is 84.6 cm³/mol. The van der Waals surface area contributed by atoms with E-state index >= 15 is 0 Å². The molecule has 1 N–H and O–H groups in total. The Kier molecular flexibility index (Phi) is 7.78. The second kappa shape index (κ2) is 9.40. The van der Waals surface area contributed by atoms with Crippen molar-refractivity contribution in [1.29, 1.82) is 0 Å². The van der Waals surface area contributed by atoms with E-state index in [4.69, 9.17) is 5.11 Å². The van der Waals surface area contributed by atoms with Crippen molar-refractivity contribution >= 4 is 11.8 Å². The Morgan fingerprint density at radius 3 is 2.10 bits per heavy atom. The van der Waals surface area contributed by atoms with Gasteiger partial charge in [-0.25, -0.2) is 4.79 Å². The number of carboxylic acid groups (broad SMARTS) is 1. The van der Waals surface area contributed by atoms with E-state index in [9.17, 15) is 4.79 Å². The predicted octanol–water partition coefficient (Wildman–Crippen LogP) is 5.09. The SMILES string of the molecule is CCCCCCCCCc1ccc(N(C)C(=O)O)cc1. The molecule has 1 aromatic carbocycles. The average molecular weight is 277 g/mol. The Morgan fingerprint density at radius 1 is 1.00 bits per heavy atom. The number of carbonyl (C=O) groups is 1. The first-order valence-electron chi connectivity index (χ1n) is 7.70. The number of hydrogen-bond donors (Lipinski definition) is 1. The van der Waals surface area contributed by atoms with Crippen molar-refractivity contribution < 1.29 is 9.90 Å². The van der Waals surface area contributed by atoms with Gasteiger partial charge in [-0.1, -0.05) is 57.6 Å². The molecule has 1 rings (SSSR count). The molecule has 3 heteroatoms. The van der Waals surface area contributed by atoms with Gasteiger partial charge in [-0.3, -0.25) is 4.90 Å². The lowest BCUT2D eigenvalue weighted by atomic mass is 10.0. The minimum Gasteiger partial charge on any atom is -0.465 e. The molecule has 0 saturated heterocycles. The standard InChI is InChI=1S/C17H27NO2/c1-3-4-5-6-7-8-9-10-15-11-13-16(14-12-15)18(2)17(19)20/h11-14H,3-10H2,1-2H3,(H,19,20). The van der Waals surface area contributed by atoms with Crippen molar-refractivity contribution in [2.75, 3.05) is 11.9 Å². The zero-order valence-corrected chi connectivity index (χ0v) is 12.8. The van der Waals surface area contributed by atoms with Gasteiger partial charge in [-0.05, 0) is 30.5 Å². The first-order chi connectivity index (χ1) is 9.65. The maximum Gasteiger partial charge on any atom is 0.411 e. The van der Waals surface area contributed by atoms with Gasteiger partial charge in [-0.2, -0.15) is 0 Å². The molecular weight excluding hydrogens is 250 g/mol. The van der Waals surface area contributed by atoms with Crippen LogP contribution in [-0.4, -0.2) is 18.2 Å². The van der Waals surface area contributed by atoms with Crippen LogP contribution >= 0.6 is 0 Å². The molecule has 1 amide bonds. The van der Waals surface area contributed by atoms with Crippen LogP contribution in [0.5, 0.6) is 0 Å². The van der Waals surface area contributed by atoms with Crippen molar-refractivity contribution in [1.82, 2.24) is 0 Å². The van der Waals surface area contributed by atoms with Crippen LogP contribution in [-0.2, 0) is 6.42 Å². The number of unbranched alkanes of at least 4 members (excludes halogenated alkanes) is 6. The molecule has 0 fully saturated rings. The van der Waals surface area contributed by atoms with Crippen LogP contribution in [0.25, 0.3) is 0 Å². The topological polar surface area (TPSA) is 40.5 Å². The van der Waals surface area contributed by atoms with Crippen LogP contribution in [0.2, 0.25) is 0 Å². The van der Waals surface area contributed by atoms with Crippen LogP contribution in [0.1, 0.15) is 57.4 Å². The quantitative estimate of drug-likeness (QED) is 0.638. The van der Waals surface area contributed by atoms with Crippen molar-refractivity contribution in [3.63, 3.8) is 0 Å². The van der Waals surface area contributed by atoms with Crippen molar-refractivity contribution in [2.45, 2.75) is 58.3 Å². The number of nitrogens with zero attached hydrogens (tertiary/aromatic N) is 1. The summed E-state index contributed by atoms with van der Waals surface area (Å²) in [5, 5.41) is 8.89. The van der Waals surface area contributed by atoms with Gasteiger partial charge in [0.15, 0.2) is 0 Å². The molecule has 20 heavy (non-hydrogen) atoms. The number of benzene rings is 1. The van der Waals surface area contributed by atoms with Gasteiger partial charge in [0, 0.05) is 12.7 Å². The van der Waals surface area contributed by atoms with Gasteiger partial charge in [-0.15, -0.1) is 0 Å². The highest BCUT2D eigenvalue weighted by Gasteiger charge is 2.07. The summed E-state index contributed by atoms with van der Waals surface area (Å²) in [7, 11) is 1.56. The summed E-state index contributed by atoms with van der Waals surface area (Å²) in [6.45, 7) is 2.24. The molecule has 0 radical (unpaired) electrons. The number of aryl methyl sites for hydroxylation is 1. The molecule has 3 nitrogen and oxygen atoms in total. The number of hydrogen-bond acceptors (Lipinski definition) is 1. The number of amides is 1. The molecule has 0 bridgehead atoms. The third kappa shape index (κ3) is 6.09. The Morgan fingerprint density at radius 2 is 1.55 bits per heavy atom. The number of rotatable bonds is 9. The normalized spacial score (nSPS) is 10.5. The zero-order chi connectivity index (χ0) is 14.8. The molecule has 0 aliphatic rings. The first-order valence-corrected chi connectivity index (χ1v) is 7.70. The van der Waals surface area contributed by atoms with Crippen LogP contribution in [0.3, 0.4) is 0 Å². The fourth-order valence-corrected chi connectivity index (χ4v) is 2.28. The van der Waals surface area contributed by atoms with Gasteiger partial charge < -0.3 is 5.11 Å². The highest BCUT2D eigenvalue weighted by molar-refractivity contribution is 5.85. The maximum atomic E-state index is 10.8. The fourth-order valence-electron chi connectivity index (χ4n) is 2.28. The summed E-state index contributed by atoms with van der Waals surface area (Å²) in [6, 6.07) is 7.83. The summed E-state index contributed by atoms with van der Waals surface area (Å²) in [6.07, 6.45) is 9.40. The van der Waals surface area contributed by atoms with Crippen molar-refractivity contribution in [3.8, 4) is 0 Å². The second-order valence-electron chi connectivity index (χ2n) is 5.38. The van der Waals surface area contributed by atoms with Crippen LogP contribution in [0, 0.1) is 0 Å². The molecular formula is C17H27NO2. The van der Waals surface area contributed by atoms with Crippen LogP contribution in [0.15, 0.2) is 24.3 Å². The lowest BCUT2D eigenvalue weighted by Crippen LogP contribution is -2.23. The van der Waals surface area contributed by atoms with E-state index in [2.05, 4.69) is 6.92 Å². The molecule has 112 valence electrons. The van der Waals surface area contributed by atoms with E-state index in [1.165, 1.54) is 55.4 Å². The fraction of sp³-hybridized carbons (Fsp3) is 0.588. The highest BCUT2D eigenvalue weighted by Crippen LogP contribution is 2.16. The van der Waals surface area contributed by atoms with Crippen LogP contribution < -0.4 is 4.90 Å². The summed E-state index contributed by atoms with van der Waals surface area (Å²) >= 11 is 0. The molecule has 0 atom stereocenters. The minimum absolute atomic E-state index is 0.723. The van der Waals surface area contributed by atoms with Gasteiger partial charge in [0.25, 0.3) is 0 Å². The third-order valence-electron chi connectivity index (χ3n) is 3.68. The largest absolute Gasteiger partial charge is 0.465 e. The van der Waals surface area contributed by atoms with E-state index < -0.39 is 6.09 Å². The van der Waals surface area contributed by atoms with E-state index in [0.717, 1.165) is 12.1 Å². The summed E-state index contributed by atoms with van der Waals surface area (Å²) < 4.78 is 0. The minimum atomic E-state index is -0.926. The van der Waals surface area contributed by atoms with Crippen molar-refractivity contribution in [2.24, 2.45) is 0 Å². The van der Waals surface area contributed by atoms with E-state index in [1.807, 2.05) is 24.3 Å². The molecule has 0 heterocycles. The second-order valence-corrected chi connectivity index (χ2v) is 5.38. The summed E-state index contributed by atoms with van der Waals surface area (Å²) in [5.74, 6) is 0. The van der Waals surface area contributed by atoms with E-state index in [-0.39, 0.29) is 0 Å². The van der Waals surface area contributed by atoms with Gasteiger partial charge in [0.1, 0.15) is 0 Å². The molecule has 0 aromatic heterocycles. The molecule has 0 saturated carbocycles. The molecule has 1 aromatic rings. The average Bonchev–Trinajstić information content (AvgIpc) is 2.46. The van der Waals surface area contributed by atoms with Gasteiger partial charge >= 0.3 is 6.09 Å². The Labute approximate surface area is 122 Å². The smallest absolute Gasteiger partial charge is 0.411 e. The lowest BCUT2D eigenvalue weighted by Gasteiger charge is -2.13. The maximum absolute atomic E-state index is 10.8. The summed E-state index contributed by atoms with van der Waals surface area (Å²) in [5.41, 5.74) is 2.02. The Hall–Kier alpha value is -1.51. The van der Waals surface area contributed by atoms with Crippen molar-refractivity contribution in [3.05, 3.63) is 29.8 Å².